The number of allylic oxidation sites excluding steroid dienone is 28. The molecule has 0 saturated heterocycles. The molecule has 2 N–H and O–H groups in total. The third-order valence-corrected chi connectivity index (χ3v) is 12.1. The zero-order valence-electron chi connectivity index (χ0n) is 48.0. The van der Waals surface area contributed by atoms with E-state index in [0.717, 1.165) is 116 Å². The first-order valence-electron chi connectivity index (χ1n) is 29.0. The van der Waals surface area contributed by atoms with E-state index in [2.05, 4.69) is 167 Å². The smallest absolute Gasteiger partial charge is 0.462 e. The maximum absolute atomic E-state index is 12.9. The van der Waals surface area contributed by atoms with Crippen molar-refractivity contribution in [1.82, 2.24) is 0 Å². The number of esters is 3. The molecule has 0 fully saturated rings. The highest BCUT2D eigenvalue weighted by molar-refractivity contribution is 7.47. The molecule has 0 heterocycles. The monoisotopic (exact) mass is 1100 g/mol. The lowest BCUT2D eigenvalue weighted by atomic mass is 10.1. The fourth-order valence-corrected chi connectivity index (χ4v) is 7.63. The zero-order chi connectivity index (χ0) is 56.9. The number of carbonyl (C=O) groups is 3. The minimum absolute atomic E-state index is 0.0183. The Kier molecular flexibility index (Phi) is 54.2. The Morgan fingerprint density at radius 2 is 0.667 bits per heavy atom. The zero-order valence-corrected chi connectivity index (χ0v) is 48.9. The lowest BCUT2D eigenvalue weighted by molar-refractivity contribution is -0.161. The second kappa shape index (κ2) is 58.0. The number of phosphoric acid groups is 1. The molecule has 0 aliphatic heterocycles. The quantitative estimate of drug-likeness (QED) is 0.0197. The Morgan fingerprint density at radius 3 is 1.08 bits per heavy atom. The summed E-state index contributed by atoms with van der Waals surface area (Å²) in [5.41, 5.74) is 0. The topological polar surface area (TPSA) is 155 Å². The molecule has 78 heavy (non-hydrogen) atoms. The predicted molar refractivity (Wildman–Crippen MR) is 325 cm³/mol. The van der Waals surface area contributed by atoms with Crippen molar-refractivity contribution in [2.45, 2.75) is 200 Å². The van der Waals surface area contributed by atoms with Crippen LogP contribution in [0.5, 0.6) is 0 Å². The molecule has 0 spiro atoms. The van der Waals surface area contributed by atoms with Gasteiger partial charge >= 0.3 is 25.7 Å². The summed E-state index contributed by atoms with van der Waals surface area (Å²) >= 11 is 0. The molecule has 3 atom stereocenters. The van der Waals surface area contributed by atoms with E-state index in [0.29, 0.717) is 32.1 Å². The summed E-state index contributed by atoms with van der Waals surface area (Å²) < 4.78 is 39.4. The molecule has 0 aromatic carbocycles. The van der Waals surface area contributed by atoms with Crippen molar-refractivity contribution < 1.29 is 52.2 Å². The van der Waals surface area contributed by atoms with E-state index in [1.54, 1.807) is 0 Å². The van der Waals surface area contributed by atoms with Crippen molar-refractivity contribution >= 4 is 25.7 Å². The van der Waals surface area contributed by atoms with E-state index in [4.69, 9.17) is 23.3 Å². The van der Waals surface area contributed by atoms with E-state index >= 15 is 0 Å². The van der Waals surface area contributed by atoms with Crippen LogP contribution in [0.1, 0.15) is 188 Å². The molecule has 0 rings (SSSR count). The lowest BCUT2D eigenvalue weighted by Crippen LogP contribution is -2.30. The number of carbonyl (C=O) groups excluding carboxylic acids is 3. The number of hydrogen-bond donors (Lipinski definition) is 2. The standard InChI is InChI=1S/C66H101O11P/c1-4-7-10-13-16-19-22-25-28-30-31-33-36-39-42-45-48-51-54-57-66(70)77-63(59-73-64(68)55-52-49-46-43-40-37-35-32-29-26-23-20-17-14-11-8-5-2)61-75-78(71,72)74-60-62(58-67)76-65(69)56-53-50-47-44-41-38-34-27-24-21-18-15-12-9-6-3/h7-12,16-21,25-29,31,33-35,37,39,42-43,46,48,51,62-63,67H,4-6,13-15,22-24,30,32,36,38,40-41,44-45,47,49-50,52-61H2,1-3H3,(H,71,72)/b10-7-,11-8-,12-9-,19-16-,20-17-,21-18-,28-25-,29-26-,33-31-,34-27-,37-35-,42-39-,46-43-,51-48-. The normalized spacial score (nSPS) is 14.6. The van der Waals surface area contributed by atoms with Crippen molar-refractivity contribution in [1.29, 1.82) is 0 Å². The lowest BCUT2D eigenvalue weighted by Gasteiger charge is -2.21. The van der Waals surface area contributed by atoms with Gasteiger partial charge in [-0.1, -0.05) is 210 Å². The molecular formula is C66H101O11P. The summed E-state index contributed by atoms with van der Waals surface area (Å²) in [6, 6.07) is 0. The summed E-state index contributed by atoms with van der Waals surface area (Å²) in [5, 5.41) is 9.82. The number of rotatable bonds is 51. The van der Waals surface area contributed by atoms with Crippen molar-refractivity contribution in [2.24, 2.45) is 0 Å². The Morgan fingerprint density at radius 1 is 0.359 bits per heavy atom. The summed E-state index contributed by atoms with van der Waals surface area (Å²) in [5.74, 6) is -1.68. The van der Waals surface area contributed by atoms with Crippen LogP contribution in [0.3, 0.4) is 0 Å². The molecule has 0 amide bonds. The number of aliphatic hydroxyl groups excluding tert-OH is 1. The second-order valence-corrected chi connectivity index (χ2v) is 19.8. The molecule has 3 unspecified atom stereocenters. The third-order valence-electron chi connectivity index (χ3n) is 11.1. The first kappa shape index (κ1) is 72.8. The van der Waals surface area contributed by atoms with Crippen LogP contribution in [0.25, 0.3) is 0 Å². The SMILES string of the molecule is CC/C=C\C/C=C\C/C=C\C/C=C\C/C=C\C/C=C\CCC(=O)OC(COC(=O)CCC/C=C\C/C=C\C/C=C\C/C=C\C/C=C\CC)COP(=O)(O)OCC(CO)OC(=O)CCCCCCC/C=C\C/C=C\C/C=C\CC. The molecule has 0 aliphatic rings. The summed E-state index contributed by atoms with van der Waals surface area (Å²) in [4.78, 5) is 48.5. The van der Waals surface area contributed by atoms with Crippen LogP contribution >= 0.6 is 7.82 Å². The van der Waals surface area contributed by atoms with E-state index in [-0.39, 0.29) is 19.3 Å². The van der Waals surface area contributed by atoms with Gasteiger partial charge in [-0.2, -0.15) is 0 Å². The van der Waals surface area contributed by atoms with Crippen LogP contribution in [-0.2, 0) is 42.2 Å². The van der Waals surface area contributed by atoms with Gasteiger partial charge in [-0.25, -0.2) is 4.57 Å². The minimum Gasteiger partial charge on any atom is -0.462 e. The van der Waals surface area contributed by atoms with Gasteiger partial charge in [0.15, 0.2) is 6.10 Å². The predicted octanol–water partition coefficient (Wildman–Crippen LogP) is 17.5. The molecule has 0 aromatic rings. The van der Waals surface area contributed by atoms with E-state index in [1.807, 2.05) is 24.3 Å². The van der Waals surface area contributed by atoms with Gasteiger partial charge in [-0.3, -0.25) is 23.4 Å². The highest BCUT2D eigenvalue weighted by Gasteiger charge is 2.28. The average Bonchev–Trinajstić information content (AvgIpc) is 3.43. The molecule has 0 aromatic heterocycles. The first-order chi connectivity index (χ1) is 38.2. The summed E-state index contributed by atoms with van der Waals surface area (Å²) in [6.45, 7) is 4.10. The number of aliphatic hydroxyl groups is 1. The maximum Gasteiger partial charge on any atom is 0.472 e. The molecule has 0 bridgehead atoms. The van der Waals surface area contributed by atoms with Gasteiger partial charge in [0.1, 0.15) is 12.7 Å². The molecule has 0 radical (unpaired) electrons. The molecule has 0 saturated carbocycles. The highest BCUT2D eigenvalue weighted by Crippen LogP contribution is 2.43. The highest BCUT2D eigenvalue weighted by atomic mass is 31.2. The minimum atomic E-state index is -4.80. The van der Waals surface area contributed by atoms with Gasteiger partial charge in [0, 0.05) is 19.3 Å². The third kappa shape index (κ3) is 55.6. The van der Waals surface area contributed by atoms with Crippen molar-refractivity contribution in [3.63, 3.8) is 0 Å². The first-order valence-corrected chi connectivity index (χ1v) is 30.5. The Hall–Kier alpha value is -5.16. The maximum atomic E-state index is 12.9. The summed E-state index contributed by atoms with van der Waals surface area (Å²) in [7, 11) is -4.80. The van der Waals surface area contributed by atoms with E-state index < -0.39 is 64.4 Å². The average molecular weight is 1100 g/mol. The summed E-state index contributed by atoms with van der Waals surface area (Å²) in [6.07, 6.45) is 77.6. The Balaban J connectivity index is 4.97. The van der Waals surface area contributed by atoms with Gasteiger partial charge in [0.05, 0.1) is 19.8 Å². The van der Waals surface area contributed by atoms with Crippen LogP contribution in [0, 0.1) is 0 Å². The van der Waals surface area contributed by atoms with Crippen molar-refractivity contribution in [2.75, 3.05) is 26.4 Å². The van der Waals surface area contributed by atoms with Crippen LogP contribution in [0.2, 0.25) is 0 Å². The van der Waals surface area contributed by atoms with Gasteiger partial charge < -0.3 is 24.2 Å². The number of ether oxygens (including phenoxy) is 3. The van der Waals surface area contributed by atoms with Gasteiger partial charge in [-0.15, -0.1) is 0 Å². The largest absolute Gasteiger partial charge is 0.472 e. The molecule has 0 aliphatic carbocycles. The molecular weight excluding hydrogens is 1000 g/mol. The van der Waals surface area contributed by atoms with Gasteiger partial charge in [-0.05, 0) is 128 Å². The molecule has 436 valence electrons. The van der Waals surface area contributed by atoms with Gasteiger partial charge in [0.25, 0.3) is 0 Å². The number of phosphoric ester groups is 1. The fourth-order valence-electron chi connectivity index (χ4n) is 6.84. The van der Waals surface area contributed by atoms with E-state index in [1.165, 1.54) is 0 Å². The van der Waals surface area contributed by atoms with Crippen LogP contribution in [-0.4, -0.2) is 66.5 Å². The molecule has 12 heteroatoms. The Bertz CT molecular complexity index is 1960. The van der Waals surface area contributed by atoms with Crippen LogP contribution < -0.4 is 0 Å². The number of hydrogen-bond acceptors (Lipinski definition) is 10. The fraction of sp³-hybridized carbons (Fsp3) is 0.530. The number of unbranched alkanes of at least 4 members (excludes halogenated alkanes) is 6. The van der Waals surface area contributed by atoms with Crippen molar-refractivity contribution in [3.8, 4) is 0 Å². The van der Waals surface area contributed by atoms with Crippen LogP contribution in [0.4, 0.5) is 0 Å². The Labute approximate surface area is 472 Å². The molecule has 11 nitrogen and oxygen atoms in total. The van der Waals surface area contributed by atoms with Crippen molar-refractivity contribution in [3.05, 3.63) is 170 Å². The van der Waals surface area contributed by atoms with Crippen LogP contribution in [0.15, 0.2) is 170 Å². The van der Waals surface area contributed by atoms with E-state index in [9.17, 15) is 28.9 Å². The second-order valence-electron chi connectivity index (χ2n) is 18.3. The van der Waals surface area contributed by atoms with Gasteiger partial charge in [0.2, 0.25) is 0 Å².